The standard InChI is InChI=1S/C24H19BrN2O4S/c1-16-6-9-21(10-7-16)32(29,30)31-23-11-8-18(14-22(23)25)13-19(15-26)24(28)27-20-5-3-4-17(2)12-20/h3-14H,1-2H3,(H,27,28)/b19-13+. The minimum atomic E-state index is -4.01. The molecule has 0 aromatic heterocycles. The zero-order valence-electron chi connectivity index (χ0n) is 17.3. The lowest BCUT2D eigenvalue weighted by Gasteiger charge is -2.10. The maximum atomic E-state index is 12.5. The smallest absolute Gasteiger partial charge is 0.339 e. The molecule has 162 valence electrons. The van der Waals surface area contributed by atoms with E-state index in [1.54, 1.807) is 42.5 Å². The monoisotopic (exact) mass is 510 g/mol. The van der Waals surface area contributed by atoms with E-state index >= 15 is 0 Å². The van der Waals surface area contributed by atoms with Crippen molar-refractivity contribution in [1.29, 1.82) is 5.26 Å². The summed E-state index contributed by atoms with van der Waals surface area (Å²) in [6.07, 6.45) is 1.41. The average molecular weight is 511 g/mol. The average Bonchev–Trinajstić information content (AvgIpc) is 2.74. The first-order valence-corrected chi connectivity index (χ1v) is 11.7. The molecule has 0 heterocycles. The van der Waals surface area contributed by atoms with E-state index < -0.39 is 16.0 Å². The molecule has 0 unspecified atom stereocenters. The van der Waals surface area contributed by atoms with Gasteiger partial charge < -0.3 is 9.50 Å². The number of amides is 1. The van der Waals surface area contributed by atoms with Crippen molar-refractivity contribution >= 4 is 43.7 Å². The topological polar surface area (TPSA) is 96.3 Å². The predicted octanol–water partition coefficient (Wildman–Crippen LogP) is 5.38. The van der Waals surface area contributed by atoms with Crippen LogP contribution in [0.5, 0.6) is 5.75 Å². The first-order chi connectivity index (χ1) is 15.2. The molecule has 0 radical (unpaired) electrons. The van der Waals surface area contributed by atoms with Crippen LogP contribution in [0.3, 0.4) is 0 Å². The third-order valence-electron chi connectivity index (χ3n) is 4.42. The molecule has 3 rings (SSSR count). The maximum absolute atomic E-state index is 12.5. The van der Waals surface area contributed by atoms with Crippen molar-refractivity contribution in [1.82, 2.24) is 0 Å². The molecule has 3 aromatic rings. The fraction of sp³-hybridized carbons (Fsp3) is 0.0833. The zero-order chi connectivity index (χ0) is 23.3. The number of nitrogens with zero attached hydrogens (tertiary/aromatic N) is 1. The molecule has 0 aliphatic heterocycles. The van der Waals surface area contributed by atoms with Crippen LogP contribution in [0.1, 0.15) is 16.7 Å². The molecular weight excluding hydrogens is 492 g/mol. The number of rotatable bonds is 6. The molecule has 0 aliphatic carbocycles. The number of anilines is 1. The van der Waals surface area contributed by atoms with Crippen molar-refractivity contribution in [2.24, 2.45) is 0 Å². The zero-order valence-corrected chi connectivity index (χ0v) is 19.7. The Hall–Kier alpha value is -3.41. The second-order valence-corrected chi connectivity index (χ2v) is 9.43. The largest absolute Gasteiger partial charge is 0.378 e. The van der Waals surface area contributed by atoms with Crippen LogP contribution in [-0.4, -0.2) is 14.3 Å². The quantitative estimate of drug-likeness (QED) is 0.272. The fourth-order valence-corrected chi connectivity index (χ4v) is 4.31. The molecule has 32 heavy (non-hydrogen) atoms. The Morgan fingerprint density at radius 2 is 1.75 bits per heavy atom. The first kappa shape index (κ1) is 23.3. The number of nitriles is 1. The van der Waals surface area contributed by atoms with Gasteiger partial charge in [-0.15, -0.1) is 0 Å². The van der Waals surface area contributed by atoms with Crippen molar-refractivity contribution in [2.75, 3.05) is 5.32 Å². The fourth-order valence-electron chi connectivity index (χ4n) is 2.78. The number of hydrogen-bond acceptors (Lipinski definition) is 5. The van der Waals surface area contributed by atoms with Gasteiger partial charge in [0.15, 0.2) is 5.75 Å². The highest BCUT2D eigenvalue weighted by molar-refractivity contribution is 9.10. The van der Waals surface area contributed by atoms with E-state index in [1.165, 1.54) is 24.3 Å². The number of halogens is 1. The van der Waals surface area contributed by atoms with E-state index in [4.69, 9.17) is 4.18 Å². The van der Waals surface area contributed by atoms with Crippen molar-refractivity contribution in [2.45, 2.75) is 18.7 Å². The highest BCUT2D eigenvalue weighted by atomic mass is 79.9. The van der Waals surface area contributed by atoms with Crippen LogP contribution in [0.4, 0.5) is 5.69 Å². The molecule has 0 fully saturated rings. The Balaban J connectivity index is 1.80. The molecule has 0 saturated carbocycles. The number of benzene rings is 3. The Bertz CT molecular complexity index is 1340. The van der Waals surface area contributed by atoms with Gasteiger partial charge in [0.25, 0.3) is 5.91 Å². The summed E-state index contributed by atoms with van der Waals surface area (Å²) < 4.78 is 30.6. The lowest BCUT2D eigenvalue weighted by molar-refractivity contribution is -0.112. The SMILES string of the molecule is Cc1ccc(S(=O)(=O)Oc2ccc(/C=C(\C#N)C(=O)Nc3cccc(C)c3)cc2Br)cc1. The number of nitrogens with one attached hydrogen (secondary N) is 1. The molecule has 1 N–H and O–H groups in total. The highest BCUT2D eigenvalue weighted by Crippen LogP contribution is 2.30. The number of carbonyl (C=O) groups excluding carboxylic acids is 1. The van der Waals surface area contributed by atoms with Crippen LogP contribution in [0.2, 0.25) is 0 Å². The molecule has 3 aromatic carbocycles. The van der Waals surface area contributed by atoms with Gasteiger partial charge >= 0.3 is 10.1 Å². The normalized spacial score (nSPS) is 11.5. The summed E-state index contributed by atoms with van der Waals surface area (Å²) in [6, 6.07) is 20.0. The molecule has 0 bridgehead atoms. The van der Waals surface area contributed by atoms with Crippen LogP contribution in [-0.2, 0) is 14.9 Å². The maximum Gasteiger partial charge on any atom is 0.339 e. The van der Waals surface area contributed by atoms with Crippen molar-refractivity contribution < 1.29 is 17.4 Å². The molecule has 0 spiro atoms. The molecule has 0 atom stereocenters. The minimum Gasteiger partial charge on any atom is -0.378 e. The summed E-state index contributed by atoms with van der Waals surface area (Å²) in [7, 11) is -4.01. The summed E-state index contributed by atoms with van der Waals surface area (Å²) in [5.74, 6) is -0.457. The van der Waals surface area contributed by atoms with Gasteiger partial charge in [0.2, 0.25) is 0 Å². The summed E-state index contributed by atoms with van der Waals surface area (Å²) in [5.41, 5.74) is 2.92. The van der Waals surface area contributed by atoms with Crippen molar-refractivity contribution in [3.8, 4) is 11.8 Å². The van der Waals surface area contributed by atoms with Crippen molar-refractivity contribution in [3.63, 3.8) is 0 Å². The van der Waals surface area contributed by atoms with Crippen LogP contribution < -0.4 is 9.50 Å². The Morgan fingerprint density at radius 1 is 1.03 bits per heavy atom. The summed E-state index contributed by atoms with van der Waals surface area (Å²) in [5, 5.41) is 12.1. The summed E-state index contributed by atoms with van der Waals surface area (Å²) in [6.45, 7) is 3.76. The van der Waals surface area contributed by atoms with Crippen molar-refractivity contribution in [3.05, 3.63) is 93.5 Å². The highest BCUT2D eigenvalue weighted by Gasteiger charge is 2.18. The van der Waals surface area contributed by atoms with Gasteiger partial charge in [-0.3, -0.25) is 4.79 Å². The summed E-state index contributed by atoms with van der Waals surface area (Å²) in [4.78, 5) is 12.5. The number of aryl methyl sites for hydroxylation is 2. The minimum absolute atomic E-state index is 0.0403. The van der Waals surface area contributed by atoms with E-state index in [1.807, 2.05) is 26.0 Å². The van der Waals surface area contributed by atoms with Crippen LogP contribution in [0.25, 0.3) is 6.08 Å². The van der Waals surface area contributed by atoms with E-state index in [9.17, 15) is 18.5 Å². The van der Waals surface area contributed by atoms with Gasteiger partial charge in [0, 0.05) is 5.69 Å². The summed E-state index contributed by atoms with van der Waals surface area (Å²) >= 11 is 3.29. The van der Waals surface area contributed by atoms with Gasteiger partial charge in [0.1, 0.15) is 16.5 Å². The van der Waals surface area contributed by atoms with Crippen LogP contribution in [0, 0.1) is 25.2 Å². The molecule has 1 amide bonds. The van der Waals surface area contributed by atoms with Gasteiger partial charge in [0.05, 0.1) is 4.47 Å². The first-order valence-electron chi connectivity index (χ1n) is 9.48. The Morgan fingerprint density at radius 3 is 2.38 bits per heavy atom. The van der Waals surface area contributed by atoms with E-state index in [0.29, 0.717) is 15.7 Å². The molecular formula is C24H19BrN2O4S. The van der Waals surface area contributed by atoms with E-state index in [0.717, 1.165) is 11.1 Å². The van der Waals surface area contributed by atoms with Crippen LogP contribution >= 0.6 is 15.9 Å². The van der Waals surface area contributed by atoms with Gasteiger partial charge in [-0.1, -0.05) is 35.9 Å². The lowest BCUT2D eigenvalue weighted by Crippen LogP contribution is -2.13. The third-order valence-corrected chi connectivity index (χ3v) is 6.29. The molecule has 8 heteroatoms. The van der Waals surface area contributed by atoms with E-state index in [-0.39, 0.29) is 16.2 Å². The second kappa shape index (κ2) is 9.81. The predicted molar refractivity (Wildman–Crippen MR) is 127 cm³/mol. The second-order valence-electron chi connectivity index (χ2n) is 7.03. The third kappa shape index (κ3) is 5.84. The Kier molecular flexibility index (Phi) is 7.13. The van der Waals surface area contributed by atoms with E-state index in [2.05, 4.69) is 21.2 Å². The molecule has 6 nitrogen and oxygen atoms in total. The van der Waals surface area contributed by atoms with Gasteiger partial charge in [-0.25, -0.2) is 0 Å². The van der Waals surface area contributed by atoms with Gasteiger partial charge in [-0.05, 0) is 83.4 Å². The number of hydrogen-bond donors (Lipinski definition) is 1. The Labute approximate surface area is 195 Å². The molecule has 0 aliphatic rings. The number of carbonyl (C=O) groups is 1. The van der Waals surface area contributed by atoms with Crippen LogP contribution in [0.15, 0.2) is 81.7 Å². The lowest BCUT2D eigenvalue weighted by atomic mass is 10.1. The molecule has 0 saturated heterocycles. The van der Waals surface area contributed by atoms with Gasteiger partial charge in [-0.2, -0.15) is 13.7 Å².